The maximum absolute atomic E-state index is 6.94. The van der Waals surface area contributed by atoms with E-state index >= 15 is 0 Å². The molecule has 1 aliphatic heterocycles. The van der Waals surface area contributed by atoms with Gasteiger partial charge >= 0.3 is 7.12 Å². The predicted molar refractivity (Wildman–Crippen MR) is 151 cm³/mol. The highest BCUT2D eigenvalue weighted by Gasteiger charge is 2.52. The second-order valence-corrected chi connectivity index (χ2v) is 9.85. The van der Waals surface area contributed by atoms with Crippen LogP contribution >= 0.6 is 0 Å². The number of hydrogen-bond acceptors (Lipinski definition) is 3. The van der Waals surface area contributed by atoms with E-state index in [4.69, 9.17) is 9.41 Å². The Morgan fingerprint density at radius 1 is 0.676 bits per heavy atom. The summed E-state index contributed by atoms with van der Waals surface area (Å²) in [6.07, 6.45) is -0.174. The Labute approximate surface area is 219 Å². The minimum Gasteiger partial charge on any atom is -0.402 e. The van der Waals surface area contributed by atoms with E-state index in [1.165, 1.54) is 27.5 Å². The summed E-state index contributed by atoms with van der Waals surface area (Å²) in [4.78, 5) is 0. The number of hydrogen-bond donors (Lipinski definition) is 0. The molecule has 37 heavy (non-hydrogen) atoms. The maximum Gasteiger partial charge on any atom is 0.511 e. The van der Waals surface area contributed by atoms with Crippen molar-refractivity contribution in [3.63, 3.8) is 0 Å². The molecule has 0 saturated carbocycles. The van der Waals surface area contributed by atoms with Crippen molar-refractivity contribution in [1.82, 2.24) is 5.06 Å². The average molecular weight is 483 g/mol. The van der Waals surface area contributed by atoms with Crippen LogP contribution in [0.1, 0.15) is 36.6 Å². The fraction of sp³-hybridized carbons (Fsp3) is 0.152. The molecule has 0 bridgehead atoms. The van der Waals surface area contributed by atoms with Gasteiger partial charge < -0.3 is 9.41 Å². The van der Waals surface area contributed by atoms with Gasteiger partial charge in [-0.05, 0) is 46.8 Å². The van der Waals surface area contributed by atoms with Crippen molar-refractivity contribution in [2.45, 2.75) is 31.5 Å². The first-order valence-electron chi connectivity index (χ1n) is 12.9. The second-order valence-electron chi connectivity index (χ2n) is 9.85. The van der Waals surface area contributed by atoms with Gasteiger partial charge in [-0.25, -0.2) is 0 Å². The zero-order valence-corrected chi connectivity index (χ0v) is 21.2. The van der Waals surface area contributed by atoms with Crippen LogP contribution in [0.4, 0.5) is 0 Å². The molecule has 2 atom stereocenters. The first-order valence-corrected chi connectivity index (χ1v) is 12.9. The van der Waals surface area contributed by atoms with Gasteiger partial charge in [0.05, 0.1) is 17.7 Å². The summed E-state index contributed by atoms with van der Waals surface area (Å²) >= 11 is 0. The molecule has 1 aliphatic rings. The molecule has 5 aromatic rings. The normalized spacial score (nSPS) is 20.4. The summed E-state index contributed by atoms with van der Waals surface area (Å²) in [5.74, 6) is 0. The van der Waals surface area contributed by atoms with E-state index in [2.05, 4.69) is 134 Å². The summed E-state index contributed by atoms with van der Waals surface area (Å²) in [7, 11) is -0.519. The summed E-state index contributed by atoms with van der Waals surface area (Å²) in [6, 6.07) is 46.4. The monoisotopic (exact) mass is 483 g/mol. The van der Waals surface area contributed by atoms with Crippen LogP contribution in [0.2, 0.25) is 0 Å². The molecule has 5 aromatic carbocycles. The highest BCUT2D eigenvalue weighted by atomic mass is 16.7. The number of hydroxylamine groups is 2. The van der Waals surface area contributed by atoms with Crippen LogP contribution in [0.5, 0.6) is 0 Å². The summed E-state index contributed by atoms with van der Waals surface area (Å²) in [5.41, 5.74) is 3.92. The molecule has 1 heterocycles. The van der Waals surface area contributed by atoms with Gasteiger partial charge in [-0.3, -0.25) is 0 Å². The minimum absolute atomic E-state index is 0.149. The summed E-state index contributed by atoms with van der Waals surface area (Å²) < 4.78 is 13.6. The molecular weight excluding hydrogens is 453 g/mol. The van der Waals surface area contributed by atoms with E-state index in [9.17, 15) is 0 Å². The first-order chi connectivity index (χ1) is 18.2. The lowest BCUT2D eigenvalue weighted by atomic mass is 9.74. The minimum atomic E-state index is -0.595. The van der Waals surface area contributed by atoms with Gasteiger partial charge in [0.2, 0.25) is 0 Å². The third kappa shape index (κ3) is 4.28. The Hall–Kier alpha value is -3.70. The molecule has 0 aliphatic carbocycles. The van der Waals surface area contributed by atoms with E-state index in [0.717, 1.165) is 5.46 Å². The Kier molecular flexibility index (Phi) is 6.39. The van der Waals surface area contributed by atoms with Crippen molar-refractivity contribution in [1.29, 1.82) is 0 Å². The van der Waals surface area contributed by atoms with Crippen molar-refractivity contribution >= 4 is 23.4 Å². The van der Waals surface area contributed by atoms with Crippen LogP contribution in [-0.2, 0) is 14.9 Å². The number of fused-ring (bicyclic) bond motifs is 1. The van der Waals surface area contributed by atoms with E-state index in [1.807, 2.05) is 18.2 Å². The van der Waals surface area contributed by atoms with Gasteiger partial charge in [0, 0.05) is 0 Å². The van der Waals surface area contributed by atoms with Crippen LogP contribution in [0.3, 0.4) is 0 Å². The van der Waals surface area contributed by atoms with Crippen molar-refractivity contribution in [3.8, 4) is 0 Å². The molecule has 6 rings (SSSR count). The Balaban J connectivity index is 1.58. The van der Waals surface area contributed by atoms with Crippen molar-refractivity contribution in [2.24, 2.45) is 0 Å². The number of nitrogens with zero attached hydrogens (tertiary/aromatic N) is 1. The van der Waals surface area contributed by atoms with Gasteiger partial charge in [0.15, 0.2) is 0 Å². The van der Waals surface area contributed by atoms with Gasteiger partial charge in [-0.15, -0.1) is 0 Å². The van der Waals surface area contributed by atoms with E-state index in [-0.39, 0.29) is 12.1 Å². The lowest BCUT2D eigenvalue weighted by molar-refractivity contribution is -0.241. The van der Waals surface area contributed by atoms with Gasteiger partial charge in [-0.2, -0.15) is 5.06 Å². The topological polar surface area (TPSA) is 21.7 Å². The van der Waals surface area contributed by atoms with E-state index in [0.29, 0.717) is 0 Å². The van der Waals surface area contributed by atoms with Gasteiger partial charge in [0.25, 0.3) is 0 Å². The fourth-order valence-corrected chi connectivity index (χ4v) is 5.55. The third-order valence-electron chi connectivity index (χ3n) is 7.66. The number of benzene rings is 5. The van der Waals surface area contributed by atoms with Crippen molar-refractivity contribution < 1.29 is 9.41 Å². The van der Waals surface area contributed by atoms with Crippen molar-refractivity contribution in [3.05, 3.63) is 150 Å². The van der Waals surface area contributed by atoms with Crippen LogP contribution in [0.15, 0.2) is 133 Å². The zero-order chi connectivity index (χ0) is 25.2. The number of rotatable bonds is 5. The van der Waals surface area contributed by atoms with E-state index < -0.39 is 12.7 Å². The molecule has 1 fully saturated rings. The highest BCUT2D eigenvalue weighted by molar-refractivity contribution is 6.61. The Morgan fingerprint density at radius 3 is 1.86 bits per heavy atom. The molecular formula is C33H30BNO2. The lowest BCUT2D eigenvalue weighted by Gasteiger charge is -2.53. The van der Waals surface area contributed by atoms with Gasteiger partial charge in [-0.1, -0.05) is 133 Å². The third-order valence-corrected chi connectivity index (χ3v) is 7.66. The Morgan fingerprint density at radius 2 is 1.22 bits per heavy atom. The smallest absolute Gasteiger partial charge is 0.402 e. The fourth-order valence-electron chi connectivity index (χ4n) is 5.55. The van der Waals surface area contributed by atoms with E-state index in [1.54, 1.807) is 0 Å². The molecule has 0 radical (unpaired) electrons. The molecule has 0 spiro atoms. The summed E-state index contributed by atoms with van der Waals surface area (Å²) in [5, 5.41) is 4.61. The molecule has 0 N–H and O–H groups in total. The van der Waals surface area contributed by atoms with Crippen LogP contribution < -0.4 is 5.46 Å². The maximum atomic E-state index is 6.94. The molecule has 182 valence electrons. The summed E-state index contributed by atoms with van der Waals surface area (Å²) in [6.45, 7) is 4.42. The molecule has 4 heteroatoms. The molecule has 2 unspecified atom stereocenters. The zero-order valence-electron chi connectivity index (χ0n) is 21.2. The lowest BCUT2D eigenvalue weighted by Crippen LogP contribution is -2.63. The Bertz CT molecular complexity index is 1430. The van der Waals surface area contributed by atoms with Crippen molar-refractivity contribution in [2.75, 3.05) is 0 Å². The molecule has 1 saturated heterocycles. The second kappa shape index (κ2) is 9.99. The quantitative estimate of drug-likeness (QED) is 0.254. The van der Waals surface area contributed by atoms with Crippen LogP contribution in [-0.4, -0.2) is 18.3 Å². The van der Waals surface area contributed by atoms with Crippen LogP contribution in [0, 0.1) is 0 Å². The highest BCUT2D eigenvalue weighted by Crippen LogP contribution is 2.47. The first kappa shape index (κ1) is 23.7. The largest absolute Gasteiger partial charge is 0.511 e. The molecule has 3 nitrogen and oxygen atoms in total. The molecule has 0 amide bonds. The SMILES string of the molecule is CC1OB(c2ccccc2)ON(C(c2ccccc2)c2ccccc2)C1(C)c1cccc2ccccc12. The molecule has 0 aromatic heterocycles. The van der Waals surface area contributed by atoms with Gasteiger partial charge in [0.1, 0.15) is 0 Å². The average Bonchev–Trinajstić information content (AvgIpc) is 2.96. The predicted octanol–water partition coefficient (Wildman–Crippen LogP) is 6.89. The van der Waals surface area contributed by atoms with Crippen LogP contribution in [0.25, 0.3) is 10.8 Å². The standard InChI is InChI=1S/C33H30BNO2/c1-25-33(2,31-24-14-20-26-15-12-13-23-30(26)31)35(37-34(36-25)29-21-10-5-11-22-29)32(27-16-6-3-7-17-27)28-18-8-4-9-19-28/h3-25,32H,1-2H3.